The third-order valence-corrected chi connectivity index (χ3v) is 3.79. The first-order valence-electron chi connectivity index (χ1n) is 6.45. The van der Waals surface area contributed by atoms with Crippen LogP contribution in [0, 0.1) is 16.0 Å². The molecule has 3 rings (SSSR count). The lowest BCUT2D eigenvalue weighted by Gasteiger charge is -2.31. The summed E-state index contributed by atoms with van der Waals surface area (Å²) in [5.74, 6) is 0.671. The first-order valence-corrected chi connectivity index (χ1v) is 6.45. The molecule has 1 atom stereocenters. The molecule has 6 nitrogen and oxygen atoms in total. The molecule has 1 aliphatic rings. The Bertz CT molecular complexity index is 619. The lowest BCUT2D eigenvalue weighted by Crippen LogP contribution is -2.30. The Morgan fingerprint density at radius 1 is 1.53 bits per heavy atom. The lowest BCUT2D eigenvalue weighted by molar-refractivity contribution is -0.384. The van der Waals surface area contributed by atoms with Gasteiger partial charge in [-0.3, -0.25) is 10.1 Å². The number of nitrogens with zero attached hydrogens (tertiary/aromatic N) is 2. The number of fused-ring (bicyclic) bond motifs is 1. The molecule has 6 heteroatoms. The number of rotatable bonds is 4. The van der Waals surface area contributed by atoms with E-state index in [0.29, 0.717) is 29.1 Å². The number of nitro benzene ring substituents is 1. The van der Waals surface area contributed by atoms with E-state index < -0.39 is 4.92 Å². The van der Waals surface area contributed by atoms with Crippen LogP contribution in [0.5, 0.6) is 0 Å². The number of nitro groups is 1. The Kier molecular flexibility index (Phi) is 2.85. The van der Waals surface area contributed by atoms with E-state index in [1.54, 1.807) is 6.07 Å². The largest absolute Gasteiger partial charge is 0.423 e. The van der Waals surface area contributed by atoms with Gasteiger partial charge in [-0.1, -0.05) is 6.42 Å². The third kappa shape index (κ3) is 2.25. The Balaban J connectivity index is 1.82. The summed E-state index contributed by atoms with van der Waals surface area (Å²) >= 11 is 0. The smallest absolute Gasteiger partial charge is 0.295 e. The summed E-state index contributed by atoms with van der Waals surface area (Å²) in [6.45, 7) is 2.11. The van der Waals surface area contributed by atoms with Crippen molar-refractivity contribution in [2.45, 2.75) is 32.2 Å². The molecule has 19 heavy (non-hydrogen) atoms. The van der Waals surface area contributed by atoms with Crippen molar-refractivity contribution in [1.29, 1.82) is 0 Å². The van der Waals surface area contributed by atoms with Gasteiger partial charge in [-0.2, -0.15) is 4.98 Å². The van der Waals surface area contributed by atoms with E-state index in [1.807, 2.05) is 0 Å². The van der Waals surface area contributed by atoms with Crippen LogP contribution in [0.1, 0.15) is 26.2 Å². The zero-order valence-electron chi connectivity index (χ0n) is 10.6. The molecular formula is C13H15N3O3. The number of anilines is 1. The molecule has 0 spiro atoms. The van der Waals surface area contributed by atoms with Crippen molar-refractivity contribution >= 4 is 22.8 Å². The third-order valence-electron chi connectivity index (χ3n) is 3.79. The molecule has 1 aromatic carbocycles. The number of oxazole rings is 1. The molecule has 0 saturated heterocycles. The number of non-ortho nitro benzene ring substituents is 1. The summed E-state index contributed by atoms with van der Waals surface area (Å²) < 4.78 is 5.52. The highest BCUT2D eigenvalue weighted by molar-refractivity contribution is 5.77. The Hall–Kier alpha value is -2.11. The minimum atomic E-state index is -0.438. The molecule has 1 aromatic heterocycles. The van der Waals surface area contributed by atoms with Gasteiger partial charge in [0.1, 0.15) is 5.52 Å². The summed E-state index contributed by atoms with van der Waals surface area (Å²) in [6.07, 6.45) is 3.76. The highest BCUT2D eigenvalue weighted by atomic mass is 16.6. The van der Waals surface area contributed by atoms with Crippen molar-refractivity contribution in [2.24, 2.45) is 5.92 Å². The van der Waals surface area contributed by atoms with Gasteiger partial charge in [0.15, 0.2) is 5.58 Å². The summed E-state index contributed by atoms with van der Waals surface area (Å²) in [4.78, 5) is 14.5. The second kappa shape index (κ2) is 4.53. The van der Waals surface area contributed by atoms with E-state index >= 15 is 0 Å². The predicted molar refractivity (Wildman–Crippen MR) is 71.1 cm³/mol. The van der Waals surface area contributed by atoms with Crippen molar-refractivity contribution in [2.75, 3.05) is 5.32 Å². The standard InChI is InChI=1S/C13H15N3O3/c1-8(9-3-2-4-9)14-13-15-11-6-5-10(16(17)18)7-12(11)19-13/h5-9H,2-4H2,1H3,(H,14,15). The summed E-state index contributed by atoms with van der Waals surface area (Å²) in [7, 11) is 0. The number of nitrogens with one attached hydrogen (secondary N) is 1. The van der Waals surface area contributed by atoms with E-state index in [2.05, 4.69) is 17.2 Å². The Morgan fingerprint density at radius 3 is 2.95 bits per heavy atom. The fraction of sp³-hybridized carbons (Fsp3) is 0.462. The van der Waals surface area contributed by atoms with Crippen LogP contribution in [0.2, 0.25) is 0 Å². The molecule has 1 N–H and O–H groups in total. The fourth-order valence-electron chi connectivity index (χ4n) is 2.34. The van der Waals surface area contributed by atoms with Gasteiger partial charge in [0.25, 0.3) is 11.7 Å². The molecule has 0 bridgehead atoms. The molecule has 1 unspecified atom stereocenters. The maximum atomic E-state index is 10.7. The van der Waals surface area contributed by atoms with Gasteiger partial charge in [0.2, 0.25) is 0 Å². The minimum absolute atomic E-state index is 0.0160. The molecule has 2 aromatic rings. The number of hydrogen-bond donors (Lipinski definition) is 1. The molecule has 1 heterocycles. The zero-order valence-corrected chi connectivity index (χ0v) is 10.6. The van der Waals surface area contributed by atoms with Crippen LogP contribution in [0.4, 0.5) is 11.7 Å². The SMILES string of the molecule is CC(Nc1nc2ccc([N+](=O)[O-])cc2o1)C1CCC1. The van der Waals surface area contributed by atoms with Gasteiger partial charge in [0.05, 0.1) is 11.0 Å². The molecule has 0 radical (unpaired) electrons. The summed E-state index contributed by atoms with van der Waals surface area (Å²) in [6, 6.07) is 5.20. The number of benzene rings is 1. The van der Waals surface area contributed by atoms with Crippen molar-refractivity contribution in [1.82, 2.24) is 4.98 Å². The van der Waals surface area contributed by atoms with Crippen LogP contribution < -0.4 is 5.32 Å². The van der Waals surface area contributed by atoms with Crippen LogP contribution in [0.25, 0.3) is 11.1 Å². The highest BCUT2D eigenvalue weighted by Gasteiger charge is 2.25. The van der Waals surface area contributed by atoms with E-state index in [4.69, 9.17) is 4.42 Å². The first-order chi connectivity index (χ1) is 9.13. The van der Waals surface area contributed by atoms with Gasteiger partial charge in [-0.05, 0) is 31.7 Å². The van der Waals surface area contributed by atoms with Gasteiger partial charge >= 0.3 is 0 Å². The molecule has 0 aliphatic heterocycles. The molecule has 1 fully saturated rings. The van der Waals surface area contributed by atoms with Crippen LogP contribution in [0.3, 0.4) is 0 Å². The lowest BCUT2D eigenvalue weighted by atomic mass is 9.80. The zero-order chi connectivity index (χ0) is 13.4. The summed E-state index contributed by atoms with van der Waals surface area (Å²) in [5, 5.41) is 13.9. The predicted octanol–water partition coefficient (Wildman–Crippen LogP) is 3.34. The average molecular weight is 261 g/mol. The minimum Gasteiger partial charge on any atom is -0.423 e. The normalized spacial score (nSPS) is 17.1. The average Bonchev–Trinajstić information content (AvgIpc) is 2.66. The molecular weight excluding hydrogens is 246 g/mol. The quantitative estimate of drug-likeness (QED) is 0.674. The molecule has 0 amide bonds. The Labute approximate surface area is 110 Å². The summed E-state index contributed by atoms with van der Waals surface area (Å²) in [5.41, 5.74) is 1.09. The molecule has 1 aliphatic carbocycles. The van der Waals surface area contributed by atoms with Crippen LogP contribution in [0.15, 0.2) is 22.6 Å². The van der Waals surface area contributed by atoms with E-state index in [1.165, 1.54) is 31.4 Å². The van der Waals surface area contributed by atoms with Gasteiger partial charge in [-0.15, -0.1) is 0 Å². The number of aromatic nitrogens is 1. The van der Waals surface area contributed by atoms with Crippen LogP contribution >= 0.6 is 0 Å². The van der Waals surface area contributed by atoms with Crippen LogP contribution in [-0.2, 0) is 0 Å². The maximum absolute atomic E-state index is 10.7. The van der Waals surface area contributed by atoms with Crippen molar-refractivity contribution in [3.05, 3.63) is 28.3 Å². The van der Waals surface area contributed by atoms with E-state index in [-0.39, 0.29) is 5.69 Å². The van der Waals surface area contributed by atoms with Crippen molar-refractivity contribution < 1.29 is 9.34 Å². The Morgan fingerprint density at radius 2 is 2.32 bits per heavy atom. The second-order valence-electron chi connectivity index (χ2n) is 5.05. The van der Waals surface area contributed by atoms with Crippen LogP contribution in [-0.4, -0.2) is 15.9 Å². The highest BCUT2D eigenvalue weighted by Crippen LogP contribution is 2.31. The monoisotopic (exact) mass is 261 g/mol. The van der Waals surface area contributed by atoms with E-state index in [0.717, 1.165) is 0 Å². The van der Waals surface area contributed by atoms with Gasteiger partial charge < -0.3 is 9.73 Å². The topological polar surface area (TPSA) is 81.2 Å². The first kappa shape index (κ1) is 12.0. The van der Waals surface area contributed by atoms with Crippen molar-refractivity contribution in [3.63, 3.8) is 0 Å². The van der Waals surface area contributed by atoms with Crippen molar-refractivity contribution in [3.8, 4) is 0 Å². The molecule has 100 valence electrons. The van der Waals surface area contributed by atoms with Gasteiger partial charge in [0, 0.05) is 12.1 Å². The maximum Gasteiger partial charge on any atom is 0.295 e. The van der Waals surface area contributed by atoms with Gasteiger partial charge in [-0.25, -0.2) is 0 Å². The van der Waals surface area contributed by atoms with E-state index in [9.17, 15) is 10.1 Å². The molecule has 1 saturated carbocycles. The number of hydrogen-bond acceptors (Lipinski definition) is 5. The second-order valence-corrected chi connectivity index (χ2v) is 5.05. The fourth-order valence-corrected chi connectivity index (χ4v) is 2.34.